The number of hydrogen-bond acceptors (Lipinski definition) is 10. The number of nitrogens with one attached hydrogen (secondary N) is 1. The van der Waals surface area contributed by atoms with Gasteiger partial charge in [-0.05, 0) is 27.7 Å². The van der Waals surface area contributed by atoms with Crippen molar-refractivity contribution in [2.24, 2.45) is 4.99 Å². The van der Waals surface area contributed by atoms with Crippen molar-refractivity contribution in [1.82, 2.24) is 19.8 Å². The lowest BCUT2D eigenvalue weighted by atomic mass is 10.0. The van der Waals surface area contributed by atoms with Gasteiger partial charge in [-0.2, -0.15) is 0 Å². The normalized spacial score (nSPS) is 21.7. The molecule has 0 saturated heterocycles. The predicted octanol–water partition coefficient (Wildman–Crippen LogP) is -0.0804. The highest BCUT2D eigenvalue weighted by Crippen LogP contribution is 2.35. The molecule has 2 N–H and O–H groups in total. The van der Waals surface area contributed by atoms with Gasteiger partial charge in [-0.1, -0.05) is 0 Å². The molecular formula is C20H30N6O6. The first-order chi connectivity index (χ1) is 15.0. The number of alkyl carbamates (subject to hydrolysis) is 1. The third kappa shape index (κ3) is 4.14. The Balaban J connectivity index is 1.91. The fourth-order valence-electron chi connectivity index (χ4n) is 4.05. The molecule has 0 bridgehead atoms. The number of carbonyl (C=O) groups excluding carboxylic acids is 3. The zero-order valence-electron chi connectivity index (χ0n) is 19.1. The molecule has 0 aliphatic carbocycles. The van der Waals surface area contributed by atoms with Gasteiger partial charge in [-0.15, -0.1) is 0 Å². The molecule has 3 rings (SSSR count). The maximum Gasteiger partial charge on any atom is 0.407 e. The van der Waals surface area contributed by atoms with Crippen LogP contribution in [0.15, 0.2) is 4.99 Å². The van der Waals surface area contributed by atoms with Crippen LogP contribution in [0.25, 0.3) is 0 Å². The monoisotopic (exact) mass is 450 g/mol. The molecule has 0 saturated carbocycles. The van der Waals surface area contributed by atoms with Gasteiger partial charge < -0.3 is 29.7 Å². The minimum Gasteiger partial charge on any atom is -0.466 e. The number of aromatic nitrogens is 2. The third-order valence-corrected chi connectivity index (χ3v) is 5.73. The van der Waals surface area contributed by atoms with Gasteiger partial charge in [0, 0.05) is 19.0 Å². The first-order valence-corrected chi connectivity index (χ1v) is 10.3. The fourth-order valence-corrected chi connectivity index (χ4v) is 4.05. The SMILES string of the molecule is COC(=O)NC(COC=O)C(O)Cc1c(C)nc2n1C(=O)C1N=CN(C(C)(C)C)C1N2C. The van der Waals surface area contributed by atoms with E-state index in [0.717, 1.165) is 0 Å². The molecule has 4 atom stereocenters. The second kappa shape index (κ2) is 8.77. The van der Waals surface area contributed by atoms with Crippen LogP contribution >= 0.6 is 0 Å². The summed E-state index contributed by atoms with van der Waals surface area (Å²) >= 11 is 0. The number of hydrogen-bond donors (Lipinski definition) is 2. The molecule has 32 heavy (non-hydrogen) atoms. The van der Waals surface area contributed by atoms with Crippen molar-refractivity contribution in [3.8, 4) is 0 Å². The number of amides is 1. The molecule has 0 fully saturated rings. The third-order valence-electron chi connectivity index (χ3n) is 5.73. The van der Waals surface area contributed by atoms with Crippen LogP contribution in [0.3, 0.4) is 0 Å². The summed E-state index contributed by atoms with van der Waals surface area (Å²) in [5, 5.41) is 13.2. The van der Waals surface area contributed by atoms with Crippen molar-refractivity contribution >= 4 is 30.8 Å². The van der Waals surface area contributed by atoms with Gasteiger partial charge in [-0.25, -0.2) is 9.78 Å². The van der Waals surface area contributed by atoms with E-state index >= 15 is 0 Å². The van der Waals surface area contributed by atoms with Crippen LogP contribution in [0.1, 0.15) is 37.0 Å². The molecule has 4 unspecified atom stereocenters. The number of aliphatic hydroxyl groups excluding tert-OH is 1. The molecule has 0 spiro atoms. The molecule has 0 aromatic carbocycles. The Kier molecular flexibility index (Phi) is 6.44. The summed E-state index contributed by atoms with van der Waals surface area (Å²) < 4.78 is 10.8. The van der Waals surface area contributed by atoms with E-state index in [1.54, 1.807) is 13.3 Å². The van der Waals surface area contributed by atoms with Gasteiger partial charge >= 0.3 is 6.09 Å². The van der Waals surface area contributed by atoms with E-state index in [0.29, 0.717) is 17.3 Å². The zero-order valence-corrected chi connectivity index (χ0v) is 19.1. The van der Waals surface area contributed by atoms with E-state index in [4.69, 9.17) is 4.74 Å². The molecule has 3 heterocycles. The van der Waals surface area contributed by atoms with Gasteiger partial charge in [0.15, 0.2) is 6.04 Å². The number of carbonyl (C=O) groups is 3. The molecule has 2 aliphatic heterocycles. The zero-order chi connectivity index (χ0) is 23.8. The number of anilines is 1. The van der Waals surface area contributed by atoms with Crippen molar-refractivity contribution in [2.45, 2.75) is 64.0 Å². The van der Waals surface area contributed by atoms with E-state index < -0.39 is 24.3 Å². The average molecular weight is 450 g/mol. The Morgan fingerprint density at radius 3 is 2.69 bits per heavy atom. The summed E-state index contributed by atoms with van der Waals surface area (Å²) in [5.74, 6) is 0.216. The topological polar surface area (TPSA) is 139 Å². The molecule has 1 aromatic heterocycles. The van der Waals surface area contributed by atoms with Crippen LogP contribution in [0, 0.1) is 6.92 Å². The Bertz CT molecular complexity index is 922. The summed E-state index contributed by atoms with van der Waals surface area (Å²) in [6, 6.07) is -1.58. The number of aliphatic hydroxyl groups is 1. The number of aliphatic imine (C=N–C) groups is 1. The Labute approximate surface area is 186 Å². The summed E-state index contributed by atoms with van der Waals surface area (Å²) in [7, 11) is 3.04. The number of imidazole rings is 1. The van der Waals surface area contributed by atoms with Crippen LogP contribution in [0.5, 0.6) is 0 Å². The number of ether oxygens (including phenoxy) is 2. The number of methoxy groups -OCH3 is 1. The highest BCUT2D eigenvalue weighted by Gasteiger charge is 2.49. The lowest BCUT2D eigenvalue weighted by Gasteiger charge is -2.44. The molecule has 1 aromatic rings. The van der Waals surface area contributed by atoms with Crippen LogP contribution < -0.4 is 10.2 Å². The molecule has 2 aliphatic rings. The lowest BCUT2D eigenvalue weighted by molar-refractivity contribution is -0.130. The van der Waals surface area contributed by atoms with E-state index in [-0.39, 0.29) is 37.1 Å². The highest BCUT2D eigenvalue weighted by molar-refractivity contribution is 5.93. The van der Waals surface area contributed by atoms with Gasteiger partial charge in [0.1, 0.15) is 12.8 Å². The summed E-state index contributed by atoms with van der Waals surface area (Å²) in [6.45, 7) is 7.85. The maximum atomic E-state index is 13.4. The summed E-state index contributed by atoms with van der Waals surface area (Å²) in [6.07, 6.45) is -0.576. The fraction of sp³-hybridized carbons (Fsp3) is 0.650. The van der Waals surface area contributed by atoms with Crippen molar-refractivity contribution in [3.05, 3.63) is 11.4 Å². The molecular weight excluding hydrogens is 420 g/mol. The summed E-state index contributed by atoms with van der Waals surface area (Å²) in [4.78, 5) is 48.6. The molecule has 1 amide bonds. The number of fused-ring (bicyclic) bond motifs is 2. The number of rotatable bonds is 7. The van der Waals surface area contributed by atoms with Gasteiger partial charge in [-0.3, -0.25) is 19.1 Å². The molecule has 12 nitrogen and oxygen atoms in total. The second-order valence-electron chi connectivity index (χ2n) is 8.87. The van der Waals surface area contributed by atoms with Gasteiger partial charge in [0.25, 0.3) is 12.4 Å². The first kappa shape index (κ1) is 23.5. The minimum atomic E-state index is -1.18. The van der Waals surface area contributed by atoms with Crippen molar-refractivity contribution in [3.63, 3.8) is 0 Å². The van der Waals surface area contributed by atoms with Crippen LogP contribution in [0.2, 0.25) is 0 Å². The van der Waals surface area contributed by atoms with E-state index in [1.807, 2.05) is 37.6 Å². The summed E-state index contributed by atoms with van der Waals surface area (Å²) in [5.41, 5.74) is 0.819. The molecule has 0 radical (unpaired) electrons. The predicted molar refractivity (Wildman–Crippen MR) is 115 cm³/mol. The van der Waals surface area contributed by atoms with Crippen molar-refractivity contribution in [2.75, 3.05) is 25.7 Å². The van der Waals surface area contributed by atoms with Gasteiger partial charge in [0.2, 0.25) is 5.95 Å². The van der Waals surface area contributed by atoms with E-state index in [9.17, 15) is 19.5 Å². The maximum absolute atomic E-state index is 13.4. The Hall–Kier alpha value is -3.15. The second-order valence-corrected chi connectivity index (χ2v) is 8.87. The quantitative estimate of drug-likeness (QED) is 0.546. The average Bonchev–Trinajstić information content (AvgIpc) is 3.32. The highest BCUT2D eigenvalue weighted by atomic mass is 16.5. The lowest BCUT2D eigenvalue weighted by Crippen LogP contribution is -2.61. The van der Waals surface area contributed by atoms with E-state index in [1.165, 1.54) is 11.7 Å². The minimum absolute atomic E-state index is 0.0145. The van der Waals surface area contributed by atoms with E-state index in [2.05, 4.69) is 20.0 Å². The molecule has 12 heteroatoms. The van der Waals surface area contributed by atoms with Gasteiger partial charge in [0.05, 0.1) is 37.0 Å². The molecule has 176 valence electrons. The number of aryl methyl sites for hydroxylation is 1. The Morgan fingerprint density at radius 2 is 2.09 bits per heavy atom. The Morgan fingerprint density at radius 1 is 1.41 bits per heavy atom. The van der Waals surface area contributed by atoms with Crippen LogP contribution in [-0.4, -0.2) is 95.0 Å². The van der Waals surface area contributed by atoms with Crippen molar-refractivity contribution < 1.29 is 29.0 Å². The first-order valence-electron chi connectivity index (χ1n) is 10.3. The van der Waals surface area contributed by atoms with Crippen LogP contribution in [-0.2, 0) is 20.7 Å². The number of likely N-dealkylation sites (N-methyl/N-ethyl adjacent to an activating group) is 1. The smallest absolute Gasteiger partial charge is 0.407 e. The largest absolute Gasteiger partial charge is 0.466 e. The number of nitrogens with zero attached hydrogens (tertiary/aromatic N) is 5. The van der Waals surface area contributed by atoms with Crippen molar-refractivity contribution in [1.29, 1.82) is 0 Å². The van der Waals surface area contributed by atoms with Crippen LogP contribution in [0.4, 0.5) is 10.7 Å². The standard InChI is InChI=1S/C20H30N6O6/c1-11-13(7-14(28)12(8-32-10-27)23-19(30)31-6)26-17(29)15-16(24(5)18(26)22-11)25(9-21-15)20(2,3)4/h9-10,12,14-16,28H,7-8H2,1-6H3,(H,23,30).